The molecule has 2 atom stereocenters. The van der Waals surface area contributed by atoms with Crippen LogP contribution >= 0.6 is 20.8 Å². The molecule has 0 aliphatic carbocycles. The summed E-state index contributed by atoms with van der Waals surface area (Å²) >= 11 is 4.99. The van der Waals surface area contributed by atoms with Gasteiger partial charge in [0, 0.05) is 31.4 Å². The van der Waals surface area contributed by atoms with Crippen LogP contribution in [0.2, 0.25) is 0 Å². The number of fused-ring (bicyclic) bond motifs is 1. The predicted octanol–water partition coefficient (Wildman–Crippen LogP) is 2.82. The van der Waals surface area contributed by atoms with Crippen molar-refractivity contribution >= 4 is 28.7 Å². The summed E-state index contributed by atoms with van der Waals surface area (Å²) in [5.41, 5.74) is 3.20. The normalized spacial score (nSPS) is 15.6. The van der Waals surface area contributed by atoms with Crippen LogP contribution in [0.5, 0.6) is 5.75 Å². The number of aromatic nitrogens is 2. The van der Waals surface area contributed by atoms with Gasteiger partial charge in [-0.25, -0.2) is 0 Å². The summed E-state index contributed by atoms with van der Waals surface area (Å²) in [6.45, 7) is 4.66. The Labute approximate surface area is 188 Å². The summed E-state index contributed by atoms with van der Waals surface area (Å²) < 4.78 is 22.6. The van der Waals surface area contributed by atoms with Crippen molar-refractivity contribution < 1.29 is 23.4 Å². The molecule has 1 unspecified atom stereocenters. The van der Waals surface area contributed by atoms with E-state index in [0.29, 0.717) is 24.3 Å². The lowest BCUT2D eigenvalue weighted by atomic mass is 9.97. The first-order chi connectivity index (χ1) is 14.8. The Bertz CT molecular complexity index is 1050. The molecule has 2 aromatic rings. The fraction of sp³-hybridized carbons (Fsp3) is 0.400. The monoisotopic (exact) mass is 462 g/mol. The Kier molecular flexibility index (Phi) is 9.91. The smallest absolute Gasteiger partial charge is 0.399 e. The number of nitrogens with zero attached hydrogens (tertiary/aromatic N) is 1. The standard InChI is InChI=1S/C10H11BN2O2S.C10H13O4P/c1-3-7-6-13(5-4-8(11)15-2)10(16)12-9(7)14;1-7-3-8(2)10-9(4-7)5-12-15(14-10)13-6-11/h1,6,8H,4-5H2,2H3,(H,12,14,16);3-4,11H,5-6H2,1-2H3/t8-;/m0./s1. The van der Waals surface area contributed by atoms with Gasteiger partial charge < -0.3 is 18.9 Å². The minimum absolute atomic E-state index is 0.250. The third kappa shape index (κ3) is 7.29. The number of H-pyrrole nitrogens is 1. The summed E-state index contributed by atoms with van der Waals surface area (Å²) in [5.74, 6) is 3.12. The molecule has 0 spiro atoms. The lowest BCUT2D eigenvalue weighted by Crippen LogP contribution is -2.19. The molecular formula is C20H24BN2O6PS. The van der Waals surface area contributed by atoms with Gasteiger partial charge in [-0.1, -0.05) is 23.6 Å². The molecule has 31 heavy (non-hydrogen) atoms. The first-order valence-electron chi connectivity index (χ1n) is 9.32. The SMILES string of the molecule is Cc1cc(C)c2c(c1)COP(OCO)O2.[B][C@H](CCn1cc(C#C)c(=O)[nH]c1=S)OC. The van der Waals surface area contributed by atoms with E-state index in [2.05, 4.69) is 17.0 Å². The Morgan fingerprint density at radius 3 is 2.87 bits per heavy atom. The third-order valence-corrected chi connectivity index (χ3v) is 5.61. The molecule has 164 valence electrons. The van der Waals surface area contributed by atoms with Gasteiger partial charge in [0.1, 0.15) is 19.2 Å². The molecule has 1 aliphatic heterocycles. The zero-order valence-electron chi connectivity index (χ0n) is 17.6. The molecule has 0 bridgehead atoms. The highest BCUT2D eigenvalue weighted by Crippen LogP contribution is 2.48. The van der Waals surface area contributed by atoms with Gasteiger partial charge >= 0.3 is 8.60 Å². The summed E-state index contributed by atoms with van der Waals surface area (Å²) in [6.07, 6.45) is 7.31. The summed E-state index contributed by atoms with van der Waals surface area (Å²) in [7, 11) is 5.69. The molecule has 1 aliphatic rings. The largest absolute Gasteiger partial charge is 0.426 e. The zero-order chi connectivity index (χ0) is 23.0. The molecule has 2 heterocycles. The van der Waals surface area contributed by atoms with Crippen LogP contribution in [0.3, 0.4) is 0 Å². The highest BCUT2D eigenvalue weighted by atomic mass is 32.1. The number of ether oxygens (including phenoxy) is 1. The fourth-order valence-corrected chi connectivity index (χ4v) is 3.94. The maximum absolute atomic E-state index is 11.3. The third-order valence-electron chi connectivity index (χ3n) is 4.27. The molecule has 1 aromatic carbocycles. The van der Waals surface area contributed by atoms with E-state index in [0.717, 1.165) is 16.9 Å². The van der Waals surface area contributed by atoms with Gasteiger partial charge in [0.15, 0.2) is 11.6 Å². The number of nitrogens with one attached hydrogen (secondary N) is 1. The minimum atomic E-state index is -1.43. The maximum atomic E-state index is 11.3. The van der Waals surface area contributed by atoms with Crippen molar-refractivity contribution in [2.75, 3.05) is 13.9 Å². The number of aliphatic hydroxyl groups excluding tert-OH is 1. The number of terminal acetylenes is 1. The second-order valence-corrected chi connectivity index (χ2v) is 8.15. The van der Waals surface area contributed by atoms with E-state index in [1.165, 1.54) is 12.7 Å². The Hall–Kier alpha value is -1.99. The molecule has 3 rings (SSSR count). The van der Waals surface area contributed by atoms with Crippen molar-refractivity contribution in [3.8, 4) is 18.1 Å². The second kappa shape index (κ2) is 12.2. The van der Waals surface area contributed by atoms with E-state index < -0.39 is 8.60 Å². The van der Waals surface area contributed by atoms with E-state index in [9.17, 15) is 4.79 Å². The molecule has 2 radical (unpaired) electrons. The maximum Gasteiger partial charge on any atom is 0.399 e. The van der Waals surface area contributed by atoms with Gasteiger partial charge in [0.05, 0.1) is 6.61 Å². The molecule has 0 saturated carbocycles. The van der Waals surface area contributed by atoms with Crippen LogP contribution in [0, 0.1) is 31.0 Å². The lowest BCUT2D eigenvalue weighted by molar-refractivity contribution is 0.0705. The van der Waals surface area contributed by atoms with Gasteiger partial charge in [-0.3, -0.25) is 18.8 Å². The van der Waals surface area contributed by atoms with E-state index in [1.807, 2.05) is 19.9 Å². The number of aliphatic hydroxyl groups is 1. The van der Waals surface area contributed by atoms with Gasteiger partial charge in [-0.05, 0) is 38.0 Å². The average molecular weight is 462 g/mol. The van der Waals surface area contributed by atoms with E-state index in [-0.39, 0.29) is 23.9 Å². The van der Waals surface area contributed by atoms with Crippen molar-refractivity contribution in [1.29, 1.82) is 0 Å². The quantitative estimate of drug-likeness (QED) is 0.224. The number of hydrogen-bond donors (Lipinski definition) is 2. The topological polar surface area (TPSA) is 94.9 Å². The van der Waals surface area contributed by atoms with E-state index in [4.69, 9.17) is 49.9 Å². The van der Waals surface area contributed by atoms with Crippen molar-refractivity contribution in [1.82, 2.24) is 9.55 Å². The number of aromatic amines is 1. The van der Waals surface area contributed by atoms with Gasteiger partial charge in [0.25, 0.3) is 5.56 Å². The molecule has 11 heteroatoms. The molecule has 8 nitrogen and oxygen atoms in total. The number of rotatable bonds is 6. The van der Waals surface area contributed by atoms with E-state index >= 15 is 0 Å². The van der Waals surface area contributed by atoms with E-state index in [1.54, 1.807) is 10.8 Å². The minimum Gasteiger partial charge on any atom is -0.426 e. The second-order valence-electron chi connectivity index (χ2n) is 6.62. The first-order valence-corrected chi connectivity index (χ1v) is 10.8. The Morgan fingerprint density at radius 1 is 1.48 bits per heavy atom. The van der Waals surface area contributed by atoms with Crippen LogP contribution in [0.4, 0.5) is 0 Å². The van der Waals surface area contributed by atoms with Gasteiger partial charge in [-0.2, -0.15) is 0 Å². The molecule has 0 fully saturated rings. The number of methoxy groups -OCH3 is 1. The zero-order valence-corrected chi connectivity index (χ0v) is 19.3. The number of benzene rings is 1. The molecule has 0 amide bonds. The van der Waals surface area contributed by atoms with Crippen LogP contribution in [0.1, 0.15) is 28.7 Å². The Morgan fingerprint density at radius 2 is 2.23 bits per heavy atom. The van der Waals surface area contributed by atoms with Crippen molar-refractivity contribution in [2.45, 2.75) is 39.4 Å². The summed E-state index contributed by atoms with van der Waals surface area (Å²) in [5, 5.41) is 8.61. The first kappa shape index (κ1) is 25.3. The predicted molar refractivity (Wildman–Crippen MR) is 121 cm³/mol. The molecule has 2 N–H and O–H groups in total. The Balaban J connectivity index is 0.000000220. The van der Waals surface area contributed by atoms with Crippen LogP contribution < -0.4 is 10.1 Å². The average Bonchev–Trinajstić information content (AvgIpc) is 2.74. The van der Waals surface area contributed by atoms with Gasteiger partial charge in [-0.15, -0.1) is 6.42 Å². The fourth-order valence-electron chi connectivity index (χ4n) is 2.78. The highest BCUT2D eigenvalue weighted by molar-refractivity contribution is 7.71. The van der Waals surface area contributed by atoms with Crippen molar-refractivity contribution in [2.24, 2.45) is 0 Å². The number of hydrogen-bond acceptors (Lipinski definition) is 7. The molecular weight excluding hydrogens is 438 g/mol. The van der Waals surface area contributed by atoms with Crippen molar-refractivity contribution in [3.05, 3.63) is 55.7 Å². The van der Waals surface area contributed by atoms with Gasteiger partial charge in [0.2, 0.25) is 0 Å². The number of aryl methyl sites for hydroxylation is 3. The lowest BCUT2D eigenvalue weighted by Gasteiger charge is -2.24. The molecule has 1 aromatic heterocycles. The van der Waals surface area contributed by atoms with Crippen LogP contribution in [0.25, 0.3) is 0 Å². The van der Waals surface area contributed by atoms with Crippen molar-refractivity contribution in [3.63, 3.8) is 0 Å². The summed E-state index contributed by atoms with van der Waals surface area (Å²) in [6, 6.07) is 3.73. The van der Waals surface area contributed by atoms with Crippen LogP contribution in [0.15, 0.2) is 23.1 Å². The van der Waals surface area contributed by atoms with Crippen LogP contribution in [-0.4, -0.2) is 42.4 Å². The summed E-state index contributed by atoms with van der Waals surface area (Å²) in [4.78, 5) is 13.8. The molecule has 0 saturated heterocycles. The highest BCUT2D eigenvalue weighted by Gasteiger charge is 2.24. The van der Waals surface area contributed by atoms with Crippen LogP contribution in [-0.2, 0) is 26.9 Å².